The summed E-state index contributed by atoms with van der Waals surface area (Å²) in [6, 6.07) is 0.628. The van der Waals surface area contributed by atoms with E-state index in [1.165, 1.54) is 6.92 Å². The highest BCUT2D eigenvalue weighted by molar-refractivity contribution is 7.93. The smallest absolute Gasteiger partial charge is 0.237 e. The molecule has 8 heteroatoms. The molecule has 0 aliphatic carbocycles. The number of anilines is 1. The normalized spacial score (nSPS) is 13.5. The predicted molar refractivity (Wildman–Crippen MR) is 55.4 cm³/mol. The standard InChI is InChI=1S/C9H10F3NO3S/c1-5(4-14)17(15,16)13-9-3-7(11)6(10)2-8(9)12/h2-3,5,13-14H,4H2,1H3. The van der Waals surface area contributed by atoms with Gasteiger partial charge in [-0.15, -0.1) is 0 Å². The summed E-state index contributed by atoms with van der Waals surface area (Å²) < 4.78 is 63.1. The number of aliphatic hydroxyl groups is 1. The summed E-state index contributed by atoms with van der Waals surface area (Å²) in [5, 5.41) is 7.47. The highest BCUT2D eigenvalue weighted by Gasteiger charge is 2.22. The quantitative estimate of drug-likeness (QED) is 0.808. The van der Waals surface area contributed by atoms with Crippen LogP contribution in [0.1, 0.15) is 6.92 Å². The molecule has 0 saturated carbocycles. The topological polar surface area (TPSA) is 66.4 Å². The van der Waals surface area contributed by atoms with Crippen molar-refractivity contribution in [2.75, 3.05) is 11.3 Å². The van der Waals surface area contributed by atoms with Gasteiger partial charge in [0.2, 0.25) is 10.0 Å². The Balaban J connectivity index is 3.08. The maximum Gasteiger partial charge on any atom is 0.237 e. The number of rotatable bonds is 4. The molecule has 2 N–H and O–H groups in total. The zero-order valence-electron chi connectivity index (χ0n) is 8.75. The maximum atomic E-state index is 13.1. The molecular formula is C9H10F3NO3S. The zero-order valence-corrected chi connectivity index (χ0v) is 9.56. The maximum absolute atomic E-state index is 13.1. The summed E-state index contributed by atoms with van der Waals surface area (Å²) in [5.41, 5.74) is -0.704. The third kappa shape index (κ3) is 3.10. The number of sulfonamides is 1. The molecule has 96 valence electrons. The van der Waals surface area contributed by atoms with Crippen LogP contribution in [0.3, 0.4) is 0 Å². The van der Waals surface area contributed by atoms with Gasteiger partial charge in [0.05, 0.1) is 12.3 Å². The summed E-state index contributed by atoms with van der Waals surface area (Å²) in [5.74, 6) is -4.03. The summed E-state index contributed by atoms with van der Waals surface area (Å²) in [4.78, 5) is 0. The van der Waals surface area contributed by atoms with E-state index in [-0.39, 0.29) is 6.07 Å². The Morgan fingerprint density at radius 3 is 2.29 bits per heavy atom. The largest absolute Gasteiger partial charge is 0.395 e. The van der Waals surface area contributed by atoms with Crippen molar-refractivity contribution in [3.05, 3.63) is 29.6 Å². The minimum atomic E-state index is -4.04. The highest BCUT2D eigenvalue weighted by atomic mass is 32.2. The van der Waals surface area contributed by atoms with E-state index in [0.29, 0.717) is 6.07 Å². The van der Waals surface area contributed by atoms with Crippen molar-refractivity contribution in [1.82, 2.24) is 0 Å². The van der Waals surface area contributed by atoms with Crippen molar-refractivity contribution >= 4 is 15.7 Å². The Morgan fingerprint density at radius 1 is 1.24 bits per heavy atom. The van der Waals surface area contributed by atoms with Crippen LogP contribution in [-0.2, 0) is 10.0 Å². The molecule has 0 aromatic heterocycles. The summed E-state index contributed by atoms with van der Waals surface area (Å²) in [6.07, 6.45) is 0. The van der Waals surface area contributed by atoms with E-state index in [4.69, 9.17) is 5.11 Å². The molecule has 0 amide bonds. The average Bonchev–Trinajstić information content (AvgIpc) is 2.24. The molecule has 1 atom stereocenters. The van der Waals surface area contributed by atoms with Crippen molar-refractivity contribution in [2.24, 2.45) is 0 Å². The summed E-state index contributed by atoms with van der Waals surface area (Å²) in [6.45, 7) is 0.501. The van der Waals surface area contributed by atoms with Crippen molar-refractivity contribution in [1.29, 1.82) is 0 Å². The molecule has 0 fully saturated rings. The van der Waals surface area contributed by atoms with Gasteiger partial charge in [-0.25, -0.2) is 21.6 Å². The molecule has 1 unspecified atom stereocenters. The van der Waals surface area contributed by atoms with Crippen LogP contribution < -0.4 is 4.72 Å². The third-order valence-corrected chi connectivity index (χ3v) is 3.76. The van der Waals surface area contributed by atoms with Gasteiger partial charge in [0.25, 0.3) is 0 Å². The lowest BCUT2D eigenvalue weighted by molar-refractivity contribution is 0.296. The lowest BCUT2D eigenvalue weighted by Crippen LogP contribution is -2.28. The second kappa shape index (κ2) is 4.92. The molecule has 0 saturated heterocycles. The first-order valence-corrected chi connectivity index (χ1v) is 6.09. The van der Waals surface area contributed by atoms with E-state index >= 15 is 0 Å². The van der Waals surface area contributed by atoms with Crippen LogP contribution in [0.25, 0.3) is 0 Å². The molecule has 0 radical (unpaired) electrons. The van der Waals surface area contributed by atoms with Crippen LogP contribution in [0, 0.1) is 17.5 Å². The van der Waals surface area contributed by atoms with Gasteiger partial charge in [-0.1, -0.05) is 0 Å². The fourth-order valence-electron chi connectivity index (χ4n) is 0.953. The van der Waals surface area contributed by atoms with Crippen LogP contribution >= 0.6 is 0 Å². The number of hydrogen-bond acceptors (Lipinski definition) is 3. The highest BCUT2D eigenvalue weighted by Crippen LogP contribution is 2.20. The molecular weight excluding hydrogens is 259 g/mol. The van der Waals surface area contributed by atoms with Crippen LogP contribution in [0.2, 0.25) is 0 Å². The van der Waals surface area contributed by atoms with Gasteiger partial charge in [0.15, 0.2) is 11.6 Å². The van der Waals surface area contributed by atoms with Crippen LogP contribution in [0.5, 0.6) is 0 Å². The Hall–Kier alpha value is -1.28. The molecule has 17 heavy (non-hydrogen) atoms. The van der Waals surface area contributed by atoms with Crippen molar-refractivity contribution in [3.63, 3.8) is 0 Å². The van der Waals surface area contributed by atoms with E-state index in [9.17, 15) is 21.6 Å². The molecule has 0 heterocycles. The van der Waals surface area contributed by atoms with Gasteiger partial charge in [-0.3, -0.25) is 4.72 Å². The van der Waals surface area contributed by atoms with Crippen molar-refractivity contribution in [2.45, 2.75) is 12.2 Å². The zero-order chi connectivity index (χ0) is 13.2. The fraction of sp³-hybridized carbons (Fsp3) is 0.333. The van der Waals surface area contributed by atoms with Gasteiger partial charge < -0.3 is 5.11 Å². The summed E-state index contributed by atoms with van der Waals surface area (Å²) >= 11 is 0. The van der Waals surface area contributed by atoms with Crippen molar-refractivity contribution < 1.29 is 26.7 Å². The Kier molecular flexibility index (Phi) is 3.99. The lowest BCUT2D eigenvalue weighted by atomic mass is 10.3. The first kappa shape index (κ1) is 13.8. The number of benzene rings is 1. The second-order valence-corrected chi connectivity index (χ2v) is 5.49. The van der Waals surface area contributed by atoms with Crippen LogP contribution in [0.4, 0.5) is 18.9 Å². The molecule has 1 aromatic carbocycles. The lowest BCUT2D eigenvalue weighted by Gasteiger charge is -2.13. The Morgan fingerprint density at radius 2 is 1.76 bits per heavy atom. The SMILES string of the molecule is CC(CO)S(=O)(=O)Nc1cc(F)c(F)cc1F. The van der Waals surface area contributed by atoms with E-state index in [2.05, 4.69) is 0 Å². The number of aliphatic hydroxyl groups excluding tert-OH is 1. The Bertz CT molecular complexity index is 518. The monoisotopic (exact) mass is 269 g/mol. The fourth-order valence-corrected chi connectivity index (χ4v) is 1.81. The molecule has 0 aliphatic rings. The minimum Gasteiger partial charge on any atom is -0.395 e. The van der Waals surface area contributed by atoms with E-state index in [1.807, 2.05) is 0 Å². The third-order valence-electron chi connectivity index (χ3n) is 2.05. The number of halogens is 3. The summed E-state index contributed by atoms with van der Waals surface area (Å²) in [7, 11) is -4.04. The molecule has 1 aromatic rings. The number of nitrogens with one attached hydrogen (secondary N) is 1. The van der Waals surface area contributed by atoms with Crippen LogP contribution in [0.15, 0.2) is 12.1 Å². The van der Waals surface area contributed by atoms with E-state index in [0.717, 1.165) is 0 Å². The molecule has 0 aliphatic heterocycles. The average molecular weight is 269 g/mol. The first-order chi connectivity index (χ1) is 7.77. The first-order valence-electron chi connectivity index (χ1n) is 4.55. The number of hydrogen-bond donors (Lipinski definition) is 2. The Labute approximate surface area is 96.1 Å². The minimum absolute atomic E-state index is 0.233. The second-order valence-electron chi connectivity index (χ2n) is 3.39. The van der Waals surface area contributed by atoms with Crippen molar-refractivity contribution in [3.8, 4) is 0 Å². The van der Waals surface area contributed by atoms with Gasteiger partial charge in [-0.05, 0) is 6.92 Å². The van der Waals surface area contributed by atoms with Gasteiger partial charge in [0, 0.05) is 12.1 Å². The molecule has 4 nitrogen and oxygen atoms in total. The van der Waals surface area contributed by atoms with Gasteiger partial charge >= 0.3 is 0 Å². The van der Waals surface area contributed by atoms with Crippen LogP contribution in [-0.4, -0.2) is 25.4 Å². The predicted octanol–water partition coefficient (Wildman–Crippen LogP) is 1.23. The van der Waals surface area contributed by atoms with Gasteiger partial charge in [0.1, 0.15) is 11.1 Å². The van der Waals surface area contributed by atoms with E-state index in [1.54, 1.807) is 4.72 Å². The van der Waals surface area contributed by atoms with E-state index < -0.39 is 45.0 Å². The molecule has 0 spiro atoms. The molecule has 0 bridgehead atoms. The van der Waals surface area contributed by atoms with Gasteiger partial charge in [-0.2, -0.15) is 0 Å². The molecule has 1 rings (SSSR count).